The normalized spacial score (nSPS) is 13.9. The van der Waals surface area contributed by atoms with E-state index in [1.54, 1.807) is 0 Å². The lowest BCUT2D eigenvalue weighted by Crippen LogP contribution is -2.34. The molecule has 5 nitrogen and oxygen atoms in total. The number of halogens is 1. The topological polar surface area (TPSA) is 63.2 Å². The van der Waals surface area contributed by atoms with Crippen molar-refractivity contribution >= 4 is 39.1 Å². The van der Waals surface area contributed by atoms with Gasteiger partial charge in [0, 0.05) is 16.3 Å². The fourth-order valence-corrected chi connectivity index (χ4v) is 6.39. The first-order valence-electron chi connectivity index (χ1n) is 10.3. The Bertz CT molecular complexity index is 1440. The summed E-state index contributed by atoms with van der Waals surface area (Å²) >= 11 is 7.69. The van der Waals surface area contributed by atoms with Crippen LogP contribution in [0.2, 0.25) is 5.02 Å². The predicted octanol–water partition coefficient (Wildman–Crippen LogP) is 6.11. The van der Waals surface area contributed by atoms with Crippen LogP contribution in [0.1, 0.15) is 16.7 Å². The Hall–Kier alpha value is -2.87. The van der Waals surface area contributed by atoms with Crippen molar-refractivity contribution in [2.75, 3.05) is 4.31 Å². The van der Waals surface area contributed by atoms with E-state index in [9.17, 15) is 8.42 Å². The Morgan fingerprint density at radius 3 is 2.48 bits per heavy atom. The molecule has 4 aromatic rings. The number of nitrogens with zero attached hydrogens (tertiary/aromatic N) is 3. The Labute approximate surface area is 202 Å². The van der Waals surface area contributed by atoms with Crippen LogP contribution in [-0.4, -0.2) is 18.4 Å². The van der Waals surface area contributed by atoms with Crippen LogP contribution < -0.4 is 4.31 Å². The highest BCUT2D eigenvalue weighted by atomic mass is 35.5. The maximum atomic E-state index is 13.6. The number of fused-ring (bicyclic) bond motifs is 3. The van der Waals surface area contributed by atoms with Gasteiger partial charge in [-0.3, -0.25) is 4.31 Å². The molecular formula is C25H20ClN3O2S2. The molecule has 0 bridgehead atoms. The molecule has 0 unspecified atom stereocenters. The second-order valence-corrected chi connectivity index (χ2v) is 10.9. The summed E-state index contributed by atoms with van der Waals surface area (Å²) in [7, 11) is -3.82. The van der Waals surface area contributed by atoms with E-state index in [-0.39, 0.29) is 11.4 Å². The minimum Gasteiger partial charge on any atom is -0.261 e. The van der Waals surface area contributed by atoms with Gasteiger partial charge >= 0.3 is 0 Å². The molecule has 0 spiro atoms. The smallest absolute Gasteiger partial charge is 0.261 e. The number of hydrogen-bond donors (Lipinski definition) is 0. The van der Waals surface area contributed by atoms with Crippen LogP contribution in [-0.2, 0) is 22.3 Å². The first-order chi connectivity index (χ1) is 15.9. The average molecular weight is 494 g/mol. The minimum atomic E-state index is -3.82. The fourth-order valence-electron chi connectivity index (χ4n) is 3.73. The van der Waals surface area contributed by atoms with Crippen LogP contribution in [0.5, 0.6) is 0 Å². The SMILES string of the molecule is Cc1ccc(CN2c3ccccc3-c3nc(SCc4ccccc4Cl)ncc3S2(=O)=O)cc1. The number of para-hydroxylation sites is 1. The van der Waals surface area contributed by atoms with Crippen LogP contribution in [0.15, 0.2) is 89.0 Å². The first kappa shape index (κ1) is 21.9. The number of sulfonamides is 1. The third-order valence-corrected chi connectivity index (χ3v) is 8.53. The average Bonchev–Trinajstić information content (AvgIpc) is 2.82. The first-order valence-corrected chi connectivity index (χ1v) is 13.1. The zero-order valence-electron chi connectivity index (χ0n) is 17.8. The molecule has 0 saturated heterocycles. The van der Waals surface area contributed by atoms with Crippen LogP contribution in [0, 0.1) is 6.92 Å². The van der Waals surface area contributed by atoms with E-state index in [4.69, 9.17) is 11.6 Å². The van der Waals surface area contributed by atoms with Crippen molar-refractivity contribution in [3.05, 3.63) is 101 Å². The van der Waals surface area contributed by atoms with E-state index in [0.717, 1.165) is 22.3 Å². The Balaban J connectivity index is 1.52. The molecule has 0 atom stereocenters. The highest BCUT2D eigenvalue weighted by Gasteiger charge is 2.36. The van der Waals surface area contributed by atoms with Gasteiger partial charge in [0.2, 0.25) is 0 Å². The third-order valence-electron chi connectivity index (χ3n) is 5.49. The van der Waals surface area contributed by atoms with Gasteiger partial charge in [0.05, 0.1) is 24.1 Å². The number of anilines is 1. The maximum Gasteiger partial charge on any atom is 0.268 e. The van der Waals surface area contributed by atoms with Gasteiger partial charge in [-0.15, -0.1) is 0 Å². The summed E-state index contributed by atoms with van der Waals surface area (Å²) in [6.45, 7) is 2.24. The highest BCUT2D eigenvalue weighted by molar-refractivity contribution is 7.98. The number of rotatable bonds is 5. The van der Waals surface area contributed by atoms with E-state index in [1.807, 2.05) is 79.7 Å². The van der Waals surface area contributed by atoms with Crippen LogP contribution >= 0.6 is 23.4 Å². The molecule has 166 valence electrons. The molecule has 0 aliphatic carbocycles. The van der Waals surface area contributed by atoms with Crippen molar-refractivity contribution in [2.45, 2.75) is 29.3 Å². The molecule has 0 fully saturated rings. The molecule has 0 saturated carbocycles. The summed E-state index contributed by atoms with van der Waals surface area (Å²) in [4.78, 5) is 9.13. The lowest BCUT2D eigenvalue weighted by molar-refractivity contribution is 0.588. The van der Waals surface area contributed by atoms with E-state index in [2.05, 4.69) is 9.97 Å². The van der Waals surface area contributed by atoms with Crippen molar-refractivity contribution in [1.29, 1.82) is 0 Å². The Kier molecular flexibility index (Phi) is 5.86. The lowest BCUT2D eigenvalue weighted by atomic mass is 10.1. The predicted molar refractivity (Wildman–Crippen MR) is 133 cm³/mol. The number of aromatic nitrogens is 2. The second kappa shape index (κ2) is 8.82. The molecule has 0 N–H and O–H groups in total. The summed E-state index contributed by atoms with van der Waals surface area (Å²) in [5.41, 5.74) is 4.84. The number of aryl methyl sites for hydroxylation is 1. The highest BCUT2D eigenvalue weighted by Crippen LogP contribution is 2.43. The molecule has 33 heavy (non-hydrogen) atoms. The molecule has 0 radical (unpaired) electrons. The van der Waals surface area contributed by atoms with Crippen molar-refractivity contribution in [3.63, 3.8) is 0 Å². The second-order valence-electron chi connectivity index (χ2n) is 7.76. The molecular weight excluding hydrogens is 474 g/mol. The van der Waals surface area contributed by atoms with Gasteiger partial charge in [-0.2, -0.15) is 0 Å². The van der Waals surface area contributed by atoms with E-state index in [0.29, 0.717) is 27.3 Å². The minimum absolute atomic E-state index is 0.121. The van der Waals surface area contributed by atoms with Gasteiger partial charge < -0.3 is 0 Å². The number of thioether (sulfide) groups is 1. The Morgan fingerprint density at radius 2 is 1.70 bits per heavy atom. The van der Waals surface area contributed by atoms with Gasteiger partial charge in [0.1, 0.15) is 4.90 Å². The third kappa shape index (κ3) is 4.24. The monoisotopic (exact) mass is 493 g/mol. The molecule has 2 heterocycles. The Morgan fingerprint density at radius 1 is 0.970 bits per heavy atom. The van der Waals surface area contributed by atoms with Gasteiger partial charge in [-0.05, 0) is 30.2 Å². The van der Waals surface area contributed by atoms with E-state index in [1.165, 1.54) is 22.3 Å². The van der Waals surface area contributed by atoms with Crippen molar-refractivity contribution in [1.82, 2.24) is 9.97 Å². The standard InChI is InChI=1S/C25H20ClN3O2S2/c1-17-10-12-18(13-11-17)15-29-22-9-5-3-7-20(22)24-23(33(29,30)31)14-27-25(28-24)32-16-19-6-2-4-8-21(19)26/h2-14H,15-16H2,1H3. The van der Waals surface area contributed by atoms with Crippen LogP contribution in [0.25, 0.3) is 11.3 Å². The van der Waals surface area contributed by atoms with Gasteiger partial charge in [0.15, 0.2) is 5.16 Å². The van der Waals surface area contributed by atoms with E-state index >= 15 is 0 Å². The van der Waals surface area contributed by atoms with Crippen molar-refractivity contribution in [3.8, 4) is 11.3 Å². The van der Waals surface area contributed by atoms with E-state index < -0.39 is 10.0 Å². The molecule has 1 aliphatic heterocycles. The zero-order valence-corrected chi connectivity index (χ0v) is 20.2. The lowest BCUT2D eigenvalue weighted by Gasteiger charge is -2.31. The summed E-state index contributed by atoms with van der Waals surface area (Å²) in [5.74, 6) is 0.590. The molecule has 1 aromatic heterocycles. The number of hydrogen-bond acceptors (Lipinski definition) is 5. The van der Waals surface area contributed by atoms with Gasteiger partial charge in [0.25, 0.3) is 10.0 Å². The summed E-state index contributed by atoms with van der Waals surface area (Å²) in [6.07, 6.45) is 1.42. The molecule has 1 aliphatic rings. The fraction of sp³-hybridized carbons (Fsp3) is 0.120. The summed E-state index contributed by atoms with van der Waals surface area (Å²) in [5, 5.41) is 1.19. The maximum absolute atomic E-state index is 13.6. The zero-order chi connectivity index (χ0) is 23.0. The molecule has 8 heteroatoms. The quantitative estimate of drug-likeness (QED) is 0.248. The molecule has 0 amide bonds. The largest absolute Gasteiger partial charge is 0.268 e. The van der Waals surface area contributed by atoms with Crippen LogP contribution in [0.4, 0.5) is 5.69 Å². The van der Waals surface area contributed by atoms with Crippen molar-refractivity contribution < 1.29 is 8.42 Å². The van der Waals surface area contributed by atoms with Gasteiger partial charge in [-0.25, -0.2) is 18.4 Å². The van der Waals surface area contributed by atoms with Gasteiger partial charge in [-0.1, -0.05) is 89.6 Å². The van der Waals surface area contributed by atoms with Crippen molar-refractivity contribution in [2.24, 2.45) is 0 Å². The molecule has 3 aromatic carbocycles. The summed E-state index contributed by atoms with van der Waals surface area (Å²) in [6, 6.07) is 22.9. The number of benzene rings is 3. The summed E-state index contributed by atoms with van der Waals surface area (Å²) < 4.78 is 28.6. The van der Waals surface area contributed by atoms with Crippen LogP contribution in [0.3, 0.4) is 0 Å². The molecule has 5 rings (SSSR count).